The highest BCUT2D eigenvalue weighted by Gasteiger charge is 2.20. The molecule has 110 valence electrons. The summed E-state index contributed by atoms with van der Waals surface area (Å²) in [5, 5.41) is 5.64. The van der Waals surface area contributed by atoms with Crippen molar-refractivity contribution in [3.8, 4) is 11.1 Å². The normalized spacial score (nSPS) is 12.1. The standard InChI is InChI=1S/C17H15ClN4/c1-11(20-21-19)17-16(12-6-4-3-5-7-12)14-10-13(18)8-9-15(14)22(17)2/h3-11H,1-2H3. The quantitative estimate of drug-likeness (QED) is 0.330. The Morgan fingerprint density at radius 1 is 1.18 bits per heavy atom. The topological polar surface area (TPSA) is 53.7 Å². The SMILES string of the molecule is CC(N=[N+]=[N-])c1c(-c2ccccc2)c2cc(Cl)ccc2n1C. The summed E-state index contributed by atoms with van der Waals surface area (Å²) in [7, 11) is 1.99. The number of hydrogen-bond donors (Lipinski definition) is 0. The van der Waals surface area contributed by atoms with Crippen LogP contribution in [-0.2, 0) is 7.05 Å². The summed E-state index contributed by atoms with van der Waals surface area (Å²) in [6.07, 6.45) is 0. The molecule has 1 atom stereocenters. The Balaban J connectivity index is 2.42. The van der Waals surface area contributed by atoms with Gasteiger partial charge in [0.1, 0.15) is 0 Å². The lowest BCUT2D eigenvalue weighted by atomic mass is 9.99. The second-order valence-electron chi connectivity index (χ2n) is 5.23. The number of benzene rings is 2. The van der Waals surface area contributed by atoms with Gasteiger partial charge in [-0.3, -0.25) is 0 Å². The van der Waals surface area contributed by atoms with Crippen molar-refractivity contribution < 1.29 is 0 Å². The first-order valence-corrected chi connectivity index (χ1v) is 7.38. The molecular formula is C17H15ClN4. The van der Waals surface area contributed by atoms with Crippen LogP contribution in [0.15, 0.2) is 53.6 Å². The lowest BCUT2D eigenvalue weighted by molar-refractivity contribution is 0.723. The summed E-state index contributed by atoms with van der Waals surface area (Å²) in [5.41, 5.74) is 13.0. The van der Waals surface area contributed by atoms with Gasteiger partial charge in [-0.05, 0) is 29.3 Å². The van der Waals surface area contributed by atoms with E-state index in [1.807, 2.05) is 50.4 Å². The largest absolute Gasteiger partial charge is 0.347 e. The fraction of sp³-hybridized carbons (Fsp3) is 0.176. The Bertz CT molecular complexity index is 877. The second-order valence-corrected chi connectivity index (χ2v) is 5.66. The molecule has 0 bridgehead atoms. The van der Waals surface area contributed by atoms with E-state index in [9.17, 15) is 0 Å². The molecule has 2 aromatic carbocycles. The molecule has 0 amide bonds. The number of aryl methyl sites for hydroxylation is 1. The molecule has 0 radical (unpaired) electrons. The minimum absolute atomic E-state index is 0.267. The first-order chi connectivity index (χ1) is 10.6. The van der Waals surface area contributed by atoms with Crippen molar-refractivity contribution in [2.24, 2.45) is 12.2 Å². The van der Waals surface area contributed by atoms with Crippen molar-refractivity contribution in [2.75, 3.05) is 0 Å². The van der Waals surface area contributed by atoms with Crippen LogP contribution < -0.4 is 0 Å². The van der Waals surface area contributed by atoms with Gasteiger partial charge in [0.15, 0.2) is 0 Å². The molecule has 5 heteroatoms. The molecule has 1 unspecified atom stereocenters. The van der Waals surface area contributed by atoms with E-state index in [4.69, 9.17) is 17.1 Å². The zero-order valence-corrected chi connectivity index (χ0v) is 13.1. The van der Waals surface area contributed by atoms with Crippen molar-refractivity contribution in [3.63, 3.8) is 0 Å². The average Bonchev–Trinajstić information content (AvgIpc) is 2.81. The minimum atomic E-state index is -0.267. The van der Waals surface area contributed by atoms with Crippen molar-refractivity contribution in [1.82, 2.24) is 4.57 Å². The number of aromatic nitrogens is 1. The zero-order valence-electron chi connectivity index (χ0n) is 12.4. The van der Waals surface area contributed by atoms with Crippen LogP contribution >= 0.6 is 11.6 Å². The fourth-order valence-corrected chi connectivity index (χ4v) is 3.14. The van der Waals surface area contributed by atoms with Crippen LogP contribution in [-0.4, -0.2) is 4.57 Å². The van der Waals surface area contributed by atoms with Gasteiger partial charge in [0.2, 0.25) is 0 Å². The van der Waals surface area contributed by atoms with Crippen LogP contribution in [0.25, 0.3) is 32.5 Å². The van der Waals surface area contributed by atoms with E-state index in [1.165, 1.54) is 0 Å². The van der Waals surface area contributed by atoms with Crippen LogP contribution in [0, 0.1) is 0 Å². The molecule has 0 fully saturated rings. The van der Waals surface area contributed by atoms with Crippen LogP contribution in [0.5, 0.6) is 0 Å². The summed E-state index contributed by atoms with van der Waals surface area (Å²) >= 11 is 6.19. The van der Waals surface area contributed by atoms with Gasteiger partial charge >= 0.3 is 0 Å². The molecule has 0 aliphatic heterocycles. The molecule has 0 aliphatic rings. The van der Waals surface area contributed by atoms with Crippen LogP contribution in [0.2, 0.25) is 5.02 Å². The minimum Gasteiger partial charge on any atom is -0.347 e. The van der Waals surface area contributed by atoms with Gasteiger partial charge in [-0.1, -0.05) is 54.0 Å². The highest BCUT2D eigenvalue weighted by Crippen LogP contribution is 2.39. The Hall–Kier alpha value is -2.42. The third-order valence-corrected chi connectivity index (χ3v) is 4.12. The van der Waals surface area contributed by atoms with E-state index in [-0.39, 0.29) is 6.04 Å². The van der Waals surface area contributed by atoms with Gasteiger partial charge in [0, 0.05) is 39.1 Å². The summed E-state index contributed by atoms with van der Waals surface area (Å²) in [6, 6.07) is 15.7. The first-order valence-electron chi connectivity index (χ1n) is 7.01. The van der Waals surface area contributed by atoms with Gasteiger partial charge < -0.3 is 4.57 Å². The number of azide groups is 1. The molecular weight excluding hydrogens is 296 g/mol. The molecule has 22 heavy (non-hydrogen) atoms. The fourth-order valence-electron chi connectivity index (χ4n) is 2.97. The van der Waals surface area contributed by atoms with Gasteiger partial charge in [-0.2, -0.15) is 0 Å². The average molecular weight is 311 g/mol. The lowest BCUT2D eigenvalue weighted by Crippen LogP contribution is -2.00. The van der Waals surface area contributed by atoms with E-state index in [1.54, 1.807) is 0 Å². The van der Waals surface area contributed by atoms with E-state index >= 15 is 0 Å². The molecule has 4 nitrogen and oxygen atoms in total. The monoisotopic (exact) mass is 310 g/mol. The molecule has 0 spiro atoms. The Labute approximate surface area is 133 Å². The van der Waals surface area contributed by atoms with E-state index < -0.39 is 0 Å². The molecule has 3 rings (SSSR count). The maximum absolute atomic E-state index is 8.80. The molecule has 3 aromatic rings. The van der Waals surface area contributed by atoms with Crippen LogP contribution in [0.1, 0.15) is 18.7 Å². The van der Waals surface area contributed by atoms with Gasteiger partial charge in [0.25, 0.3) is 0 Å². The second kappa shape index (κ2) is 5.76. The molecule has 0 saturated carbocycles. The predicted octanol–water partition coefficient (Wildman–Crippen LogP) is 5.87. The van der Waals surface area contributed by atoms with Crippen LogP contribution in [0.3, 0.4) is 0 Å². The molecule has 0 aliphatic carbocycles. The summed E-state index contributed by atoms with van der Waals surface area (Å²) < 4.78 is 2.08. The van der Waals surface area contributed by atoms with Crippen molar-refractivity contribution in [1.29, 1.82) is 0 Å². The highest BCUT2D eigenvalue weighted by atomic mass is 35.5. The Kier molecular flexibility index (Phi) is 3.80. The molecule has 0 N–H and O–H groups in total. The van der Waals surface area contributed by atoms with Crippen molar-refractivity contribution in [3.05, 3.63) is 69.7 Å². The Morgan fingerprint density at radius 2 is 1.91 bits per heavy atom. The summed E-state index contributed by atoms with van der Waals surface area (Å²) in [5.74, 6) is 0. The molecule has 0 saturated heterocycles. The number of fused-ring (bicyclic) bond motifs is 1. The summed E-state index contributed by atoms with van der Waals surface area (Å²) in [4.78, 5) is 2.96. The number of halogens is 1. The smallest absolute Gasteiger partial charge is 0.0756 e. The third kappa shape index (κ3) is 2.33. The number of hydrogen-bond acceptors (Lipinski definition) is 1. The van der Waals surface area contributed by atoms with E-state index in [0.717, 1.165) is 27.7 Å². The lowest BCUT2D eigenvalue weighted by Gasteiger charge is -2.11. The van der Waals surface area contributed by atoms with Gasteiger partial charge in [-0.15, -0.1) is 0 Å². The van der Waals surface area contributed by atoms with Crippen molar-refractivity contribution >= 4 is 22.5 Å². The van der Waals surface area contributed by atoms with E-state index in [0.29, 0.717) is 5.02 Å². The highest BCUT2D eigenvalue weighted by molar-refractivity contribution is 6.31. The number of nitrogens with zero attached hydrogens (tertiary/aromatic N) is 4. The zero-order chi connectivity index (χ0) is 15.7. The predicted molar refractivity (Wildman–Crippen MR) is 90.9 cm³/mol. The van der Waals surface area contributed by atoms with Gasteiger partial charge in [0.05, 0.1) is 6.04 Å². The van der Waals surface area contributed by atoms with E-state index in [2.05, 4.69) is 26.7 Å². The maximum atomic E-state index is 8.80. The van der Waals surface area contributed by atoms with Crippen molar-refractivity contribution in [2.45, 2.75) is 13.0 Å². The molecule has 1 heterocycles. The van der Waals surface area contributed by atoms with Crippen LogP contribution in [0.4, 0.5) is 0 Å². The molecule has 1 aromatic heterocycles. The number of rotatable bonds is 3. The third-order valence-electron chi connectivity index (χ3n) is 3.89. The Morgan fingerprint density at radius 3 is 2.59 bits per heavy atom. The maximum Gasteiger partial charge on any atom is 0.0756 e. The summed E-state index contributed by atoms with van der Waals surface area (Å²) in [6.45, 7) is 1.90. The first kappa shape index (κ1) is 14.5. The van der Waals surface area contributed by atoms with Gasteiger partial charge in [-0.25, -0.2) is 0 Å².